The number of anilines is 1. The van der Waals surface area contributed by atoms with Gasteiger partial charge < -0.3 is 10.6 Å². The zero-order valence-corrected chi connectivity index (χ0v) is 14.1. The number of aromatic nitrogens is 1. The molecule has 1 aliphatic rings. The maximum Gasteiger partial charge on any atom is 0.225 e. The van der Waals surface area contributed by atoms with Crippen LogP contribution in [0.5, 0.6) is 0 Å². The SMILES string of the molecule is Cc1nc(-c2cccc(NC(=O)CC3CCCN3)c2)cs1.Cl. The van der Waals surface area contributed by atoms with Gasteiger partial charge in [-0.2, -0.15) is 0 Å². The molecule has 1 fully saturated rings. The van der Waals surface area contributed by atoms with Gasteiger partial charge in [-0.3, -0.25) is 4.79 Å². The molecule has 1 amide bonds. The van der Waals surface area contributed by atoms with E-state index < -0.39 is 0 Å². The lowest BCUT2D eigenvalue weighted by Gasteiger charge is -2.11. The molecule has 118 valence electrons. The molecule has 0 radical (unpaired) electrons. The number of rotatable bonds is 4. The average molecular weight is 338 g/mol. The van der Waals surface area contributed by atoms with E-state index in [1.165, 1.54) is 0 Å². The molecule has 1 unspecified atom stereocenters. The highest BCUT2D eigenvalue weighted by Gasteiger charge is 2.17. The number of hydrogen-bond acceptors (Lipinski definition) is 4. The number of nitrogens with one attached hydrogen (secondary N) is 2. The molecule has 1 atom stereocenters. The predicted molar refractivity (Wildman–Crippen MR) is 93.8 cm³/mol. The summed E-state index contributed by atoms with van der Waals surface area (Å²) in [6.07, 6.45) is 2.79. The van der Waals surface area contributed by atoms with Gasteiger partial charge in [-0.15, -0.1) is 23.7 Å². The number of carbonyl (C=O) groups is 1. The number of amides is 1. The molecule has 1 saturated heterocycles. The number of nitrogens with zero attached hydrogens (tertiary/aromatic N) is 1. The molecule has 2 heterocycles. The van der Waals surface area contributed by atoms with Crippen LogP contribution in [-0.2, 0) is 4.79 Å². The second-order valence-corrected chi connectivity index (χ2v) is 6.44. The summed E-state index contributed by atoms with van der Waals surface area (Å²) in [4.78, 5) is 16.5. The summed E-state index contributed by atoms with van der Waals surface area (Å²) >= 11 is 1.63. The molecule has 1 aromatic heterocycles. The first-order valence-corrected chi connectivity index (χ1v) is 8.14. The Labute approximate surface area is 140 Å². The highest BCUT2D eigenvalue weighted by atomic mass is 35.5. The maximum absolute atomic E-state index is 12.1. The van der Waals surface area contributed by atoms with E-state index in [1.807, 2.05) is 36.6 Å². The minimum absolute atomic E-state index is 0. The predicted octanol–water partition coefficient (Wildman–Crippen LogP) is 3.62. The quantitative estimate of drug-likeness (QED) is 0.895. The van der Waals surface area contributed by atoms with Gasteiger partial charge in [0, 0.05) is 29.1 Å². The standard InChI is InChI=1S/C16H19N3OS.ClH/c1-11-18-15(10-21-11)12-4-2-5-14(8-12)19-16(20)9-13-6-3-7-17-13;/h2,4-5,8,10,13,17H,3,6-7,9H2,1H3,(H,19,20);1H. The minimum atomic E-state index is 0. The third-order valence-electron chi connectivity index (χ3n) is 3.66. The second-order valence-electron chi connectivity index (χ2n) is 5.38. The second kappa shape index (κ2) is 7.72. The summed E-state index contributed by atoms with van der Waals surface area (Å²) in [6, 6.07) is 8.20. The first-order valence-electron chi connectivity index (χ1n) is 7.26. The van der Waals surface area contributed by atoms with Crippen LogP contribution in [0.25, 0.3) is 11.3 Å². The molecule has 3 rings (SSSR count). The number of aryl methyl sites for hydroxylation is 1. The van der Waals surface area contributed by atoms with Crippen LogP contribution >= 0.6 is 23.7 Å². The van der Waals surface area contributed by atoms with Crippen LogP contribution in [0, 0.1) is 6.92 Å². The van der Waals surface area contributed by atoms with Crippen molar-refractivity contribution in [3.63, 3.8) is 0 Å². The minimum Gasteiger partial charge on any atom is -0.326 e. The Morgan fingerprint density at radius 2 is 2.36 bits per heavy atom. The highest BCUT2D eigenvalue weighted by Crippen LogP contribution is 2.24. The third-order valence-corrected chi connectivity index (χ3v) is 4.43. The number of hydrogen-bond donors (Lipinski definition) is 2. The summed E-state index contributed by atoms with van der Waals surface area (Å²) in [5.41, 5.74) is 2.84. The van der Waals surface area contributed by atoms with E-state index in [2.05, 4.69) is 15.6 Å². The molecule has 1 aliphatic heterocycles. The van der Waals surface area contributed by atoms with E-state index in [-0.39, 0.29) is 18.3 Å². The van der Waals surface area contributed by atoms with Crippen molar-refractivity contribution < 1.29 is 4.79 Å². The van der Waals surface area contributed by atoms with E-state index in [4.69, 9.17) is 0 Å². The van der Waals surface area contributed by atoms with Crippen molar-refractivity contribution in [2.45, 2.75) is 32.2 Å². The van der Waals surface area contributed by atoms with Crippen molar-refractivity contribution >= 4 is 35.3 Å². The Bertz CT molecular complexity index is 638. The Morgan fingerprint density at radius 1 is 1.50 bits per heavy atom. The molecule has 2 aromatic rings. The molecule has 22 heavy (non-hydrogen) atoms. The first kappa shape index (κ1) is 16.9. The van der Waals surface area contributed by atoms with Crippen LogP contribution in [0.3, 0.4) is 0 Å². The third kappa shape index (κ3) is 4.29. The van der Waals surface area contributed by atoms with Gasteiger partial charge in [0.25, 0.3) is 0 Å². The Hall–Kier alpha value is -1.43. The Kier molecular flexibility index (Phi) is 5.94. The van der Waals surface area contributed by atoms with E-state index >= 15 is 0 Å². The summed E-state index contributed by atoms with van der Waals surface area (Å²) in [7, 11) is 0. The van der Waals surface area contributed by atoms with Crippen LogP contribution in [0.1, 0.15) is 24.3 Å². The normalized spacial score (nSPS) is 17.0. The van der Waals surface area contributed by atoms with Crippen LogP contribution in [-0.4, -0.2) is 23.5 Å². The van der Waals surface area contributed by atoms with Crippen molar-refractivity contribution in [3.05, 3.63) is 34.7 Å². The van der Waals surface area contributed by atoms with E-state index in [0.717, 1.165) is 41.3 Å². The zero-order chi connectivity index (χ0) is 14.7. The largest absolute Gasteiger partial charge is 0.326 e. The summed E-state index contributed by atoms with van der Waals surface area (Å²) in [5, 5.41) is 9.41. The van der Waals surface area contributed by atoms with Crippen LogP contribution in [0.4, 0.5) is 5.69 Å². The molecule has 6 heteroatoms. The van der Waals surface area contributed by atoms with Gasteiger partial charge in [0.05, 0.1) is 10.7 Å². The van der Waals surface area contributed by atoms with E-state index in [1.54, 1.807) is 11.3 Å². The number of thiazole rings is 1. The van der Waals surface area contributed by atoms with Gasteiger partial charge in [-0.25, -0.2) is 4.98 Å². The van der Waals surface area contributed by atoms with Crippen LogP contribution in [0.2, 0.25) is 0 Å². The molecule has 4 nitrogen and oxygen atoms in total. The van der Waals surface area contributed by atoms with Gasteiger partial charge >= 0.3 is 0 Å². The topological polar surface area (TPSA) is 54.0 Å². The van der Waals surface area contributed by atoms with Crippen molar-refractivity contribution in [2.24, 2.45) is 0 Å². The van der Waals surface area contributed by atoms with Gasteiger partial charge in [0.2, 0.25) is 5.91 Å². The van der Waals surface area contributed by atoms with Crippen molar-refractivity contribution in [3.8, 4) is 11.3 Å². The molecular weight excluding hydrogens is 318 g/mol. The molecule has 1 aromatic carbocycles. The molecular formula is C16H20ClN3OS. The van der Waals surface area contributed by atoms with Crippen molar-refractivity contribution in [1.29, 1.82) is 0 Å². The number of carbonyl (C=O) groups excluding carboxylic acids is 1. The van der Waals surface area contributed by atoms with E-state index in [9.17, 15) is 4.79 Å². The molecule has 0 saturated carbocycles. The Balaban J connectivity index is 0.00000176. The first-order chi connectivity index (χ1) is 10.2. The number of halogens is 1. The Morgan fingerprint density at radius 3 is 3.05 bits per heavy atom. The average Bonchev–Trinajstić information content (AvgIpc) is 3.10. The molecule has 0 spiro atoms. The lowest BCUT2D eigenvalue weighted by Crippen LogP contribution is -2.27. The fourth-order valence-corrected chi connectivity index (χ4v) is 3.24. The summed E-state index contributed by atoms with van der Waals surface area (Å²) in [5.74, 6) is 0.0704. The van der Waals surface area contributed by atoms with E-state index in [0.29, 0.717) is 12.5 Å². The molecule has 0 aliphatic carbocycles. The van der Waals surface area contributed by atoms with Crippen molar-refractivity contribution in [2.75, 3.05) is 11.9 Å². The van der Waals surface area contributed by atoms with Gasteiger partial charge in [-0.05, 0) is 38.4 Å². The fraction of sp³-hybridized carbons (Fsp3) is 0.375. The summed E-state index contributed by atoms with van der Waals surface area (Å²) < 4.78 is 0. The highest BCUT2D eigenvalue weighted by molar-refractivity contribution is 7.09. The van der Waals surface area contributed by atoms with Crippen molar-refractivity contribution in [1.82, 2.24) is 10.3 Å². The summed E-state index contributed by atoms with van der Waals surface area (Å²) in [6.45, 7) is 3.02. The van der Waals surface area contributed by atoms with Crippen LogP contribution in [0.15, 0.2) is 29.6 Å². The van der Waals surface area contributed by atoms with Gasteiger partial charge in [0.1, 0.15) is 0 Å². The van der Waals surface area contributed by atoms with Crippen LogP contribution < -0.4 is 10.6 Å². The fourth-order valence-electron chi connectivity index (χ4n) is 2.62. The number of benzene rings is 1. The molecule has 0 bridgehead atoms. The smallest absolute Gasteiger partial charge is 0.225 e. The lowest BCUT2D eigenvalue weighted by molar-refractivity contribution is -0.116. The van der Waals surface area contributed by atoms with Gasteiger partial charge in [0.15, 0.2) is 0 Å². The van der Waals surface area contributed by atoms with Gasteiger partial charge in [-0.1, -0.05) is 12.1 Å². The lowest BCUT2D eigenvalue weighted by atomic mass is 10.1. The zero-order valence-electron chi connectivity index (χ0n) is 12.5. The molecule has 2 N–H and O–H groups in total. The maximum atomic E-state index is 12.1. The monoisotopic (exact) mass is 337 g/mol.